The van der Waals surface area contributed by atoms with Crippen molar-refractivity contribution in [2.75, 3.05) is 0 Å². The molecule has 0 atom stereocenters. The Hall–Kier alpha value is -1.25. The van der Waals surface area contributed by atoms with Crippen LogP contribution in [0.25, 0.3) is 0 Å². The van der Waals surface area contributed by atoms with Crippen molar-refractivity contribution < 1.29 is 9.52 Å². The summed E-state index contributed by atoms with van der Waals surface area (Å²) in [5.74, 6) is 0.810. The highest BCUT2D eigenvalue weighted by Gasteiger charge is 2.08. The molecule has 90 valence electrons. The van der Waals surface area contributed by atoms with Crippen LogP contribution in [0.2, 0.25) is 0 Å². The molecule has 1 aromatic rings. The lowest BCUT2D eigenvalue weighted by molar-refractivity contribution is 0.426. The molecule has 0 unspecified atom stereocenters. The second-order valence-electron chi connectivity index (χ2n) is 4.66. The van der Waals surface area contributed by atoms with Crippen LogP contribution in [0.3, 0.4) is 0 Å². The largest absolute Gasteiger partial charge is 0.507 e. The fraction of sp³-hybridized carbons (Fsp3) is 0.615. The summed E-state index contributed by atoms with van der Waals surface area (Å²) in [7, 11) is 0. The maximum atomic E-state index is 11.1. The number of hydrogen-bond acceptors (Lipinski definition) is 3. The Morgan fingerprint density at radius 2 is 2.06 bits per heavy atom. The normalized spacial score (nSPS) is 11.0. The number of unbranched alkanes of at least 4 members (excludes halogenated alkanes) is 1. The van der Waals surface area contributed by atoms with Crippen molar-refractivity contribution in [1.82, 2.24) is 0 Å². The van der Waals surface area contributed by atoms with Crippen molar-refractivity contribution in [1.29, 1.82) is 0 Å². The molecule has 0 aromatic carbocycles. The van der Waals surface area contributed by atoms with Gasteiger partial charge in [0.2, 0.25) is 0 Å². The first-order valence-corrected chi connectivity index (χ1v) is 5.82. The maximum absolute atomic E-state index is 11.1. The van der Waals surface area contributed by atoms with Gasteiger partial charge in [-0.3, -0.25) is 0 Å². The molecule has 0 fully saturated rings. The molecule has 0 aliphatic rings. The van der Waals surface area contributed by atoms with Crippen LogP contribution in [-0.4, -0.2) is 5.11 Å². The number of hydrogen-bond donors (Lipinski definition) is 1. The Balaban J connectivity index is 2.55. The third kappa shape index (κ3) is 3.40. The SMILES string of the molecule is Cc1c(O)c(CCCCC(C)C)coc1=O. The molecule has 1 N–H and O–H groups in total. The summed E-state index contributed by atoms with van der Waals surface area (Å²) in [6.07, 6.45) is 5.48. The van der Waals surface area contributed by atoms with E-state index in [0.29, 0.717) is 11.5 Å². The zero-order valence-electron chi connectivity index (χ0n) is 10.2. The Kier molecular flexibility index (Phi) is 4.59. The van der Waals surface area contributed by atoms with Gasteiger partial charge in [0.1, 0.15) is 12.0 Å². The monoisotopic (exact) mass is 224 g/mol. The molecule has 0 saturated heterocycles. The first-order valence-electron chi connectivity index (χ1n) is 5.82. The van der Waals surface area contributed by atoms with Gasteiger partial charge < -0.3 is 9.52 Å². The van der Waals surface area contributed by atoms with Gasteiger partial charge in [-0.25, -0.2) is 4.79 Å². The van der Waals surface area contributed by atoms with Crippen molar-refractivity contribution in [3.05, 3.63) is 27.8 Å². The molecule has 1 aromatic heterocycles. The quantitative estimate of drug-likeness (QED) is 0.782. The lowest BCUT2D eigenvalue weighted by atomic mass is 10.0. The van der Waals surface area contributed by atoms with Crippen molar-refractivity contribution in [3.63, 3.8) is 0 Å². The Morgan fingerprint density at radius 1 is 1.38 bits per heavy atom. The van der Waals surface area contributed by atoms with Crippen LogP contribution >= 0.6 is 0 Å². The van der Waals surface area contributed by atoms with Gasteiger partial charge in [0.25, 0.3) is 0 Å². The van der Waals surface area contributed by atoms with E-state index in [9.17, 15) is 9.90 Å². The molecule has 0 spiro atoms. The number of aromatic hydroxyl groups is 1. The Bertz CT molecular complexity index is 391. The first kappa shape index (κ1) is 12.8. The molecule has 0 radical (unpaired) electrons. The summed E-state index contributed by atoms with van der Waals surface area (Å²) < 4.78 is 4.83. The molecule has 0 aliphatic heterocycles. The van der Waals surface area contributed by atoms with E-state index in [1.807, 2.05) is 0 Å². The average molecular weight is 224 g/mol. The van der Waals surface area contributed by atoms with Gasteiger partial charge in [0.05, 0.1) is 5.56 Å². The minimum absolute atomic E-state index is 0.0980. The zero-order chi connectivity index (χ0) is 12.1. The predicted molar refractivity (Wildman–Crippen MR) is 63.8 cm³/mol. The summed E-state index contributed by atoms with van der Waals surface area (Å²) in [4.78, 5) is 11.1. The molecule has 0 bridgehead atoms. The van der Waals surface area contributed by atoms with Crippen molar-refractivity contribution in [3.8, 4) is 5.75 Å². The lowest BCUT2D eigenvalue weighted by Gasteiger charge is -2.06. The predicted octanol–water partition coefficient (Wildman–Crippen LogP) is 3.02. The standard InChI is InChI=1S/C13H20O3/c1-9(2)6-4-5-7-11-8-16-13(15)10(3)12(11)14/h8-9,14H,4-7H2,1-3H3. The van der Waals surface area contributed by atoms with Gasteiger partial charge in [-0.05, 0) is 25.7 Å². The van der Waals surface area contributed by atoms with E-state index in [0.717, 1.165) is 24.8 Å². The molecular weight excluding hydrogens is 204 g/mol. The molecule has 0 aliphatic carbocycles. The first-order chi connectivity index (χ1) is 7.52. The van der Waals surface area contributed by atoms with Crippen molar-refractivity contribution >= 4 is 0 Å². The second-order valence-corrected chi connectivity index (χ2v) is 4.66. The van der Waals surface area contributed by atoms with Gasteiger partial charge in [0.15, 0.2) is 0 Å². The highest BCUT2D eigenvalue weighted by molar-refractivity contribution is 5.35. The van der Waals surface area contributed by atoms with Crippen LogP contribution in [0, 0.1) is 12.8 Å². The van der Waals surface area contributed by atoms with Crippen LogP contribution in [0.1, 0.15) is 44.2 Å². The topological polar surface area (TPSA) is 50.4 Å². The highest BCUT2D eigenvalue weighted by Crippen LogP contribution is 2.21. The van der Waals surface area contributed by atoms with E-state index >= 15 is 0 Å². The van der Waals surface area contributed by atoms with Crippen LogP contribution in [0.15, 0.2) is 15.5 Å². The fourth-order valence-corrected chi connectivity index (χ4v) is 1.65. The van der Waals surface area contributed by atoms with E-state index in [2.05, 4.69) is 13.8 Å². The molecular formula is C13H20O3. The highest BCUT2D eigenvalue weighted by atomic mass is 16.4. The minimum Gasteiger partial charge on any atom is -0.507 e. The summed E-state index contributed by atoms with van der Waals surface area (Å²) in [5, 5.41) is 9.73. The van der Waals surface area contributed by atoms with E-state index < -0.39 is 5.63 Å². The second kappa shape index (κ2) is 5.73. The molecule has 0 saturated carbocycles. The Morgan fingerprint density at radius 3 is 2.69 bits per heavy atom. The molecule has 3 heteroatoms. The summed E-state index contributed by atoms with van der Waals surface area (Å²) >= 11 is 0. The van der Waals surface area contributed by atoms with Crippen LogP contribution in [-0.2, 0) is 6.42 Å². The van der Waals surface area contributed by atoms with E-state index in [-0.39, 0.29) is 5.75 Å². The van der Waals surface area contributed by atoms with Crippen LogP contribution in [0.4, 0.5) is 0 Å². The number of aryl methyl sites for hydroxylation is 1. The molecule has 1 rings (SSSR count). The molecule has 1 heterocycles. The minimum atomic E-state index is -0.455. The summed E-state index contributed by atoms with van der Waals surface area (Å²) in [6, 6.07) is 0. The Labute approximate surface area is 96.1 Å². The van der Waals surface area contributed by atoms with Crippen LogP contribution in [0.5, 0.6) is 5.75 Å². The average Bonchev–Trinajstić information content (AvgIpc) is 2.23. The smallest absolute Gasteiger partial charge is 0.342 e. The van der Waals surface area contributed by atoms with Gasteiger partial charge in [-0.15, -0.1) is 0 Å². The van der Waals surface area contributed by atoms with Crippen LogP contribution < -0.4 is 5.63 Å². The van der Waals surface area contributed by atoms with Gasteiger partial charge in [-0.1, -0.05) is 26.7 Å². The van der Waals surface area contributed by atoms with E-state index in [1.165, 1.54) is 12.7 Å². The van der Waals surface area contributed by atoms with Gasteiger partial charge in [-0.2, -0.15) is 0 Å². The van der Waals surface area contributed by atoms with E-state index in [1.54, 1.807) is 6.92 Å². The van der Waals surface area contributed by atoms with E-state index in [4.69, 9.17) is 4.42 Å². The summed E-state index contributed by atoms with van der Waals surface area (Å²) in [6.45, 7) is 5.98. The van der Waals surface area contributed by atoms with Gasteiger partial charge >= 0.3 is 5.63 Å². The van der Waals surface area contributed by atoms with Gasteiger partial charge in [0, 0.05) is 5.56 Å². The molecule has 3 nitrogen and oxygen atoms in total. The van der Waals surface area contributed by atoms with Crippen molar-refractivity contribution in [2.45, 2.75) is 46.5 Å². The summed E-state index contributed by atoms with van der Waals surface area (Å²) in [5.41, 5.74) is 0.589. The third-order valence-corrected chi connectivity index (χ3v) is 2.75. The third-order valence-electron chi connectivity index (χ3n) is 2.75. The fourth-order valence-electron chi connectivity index (χ4n) is 1.65. The number of rotatable bonds is 5. The zero-order valence-corrected chi connectivity index (χ0v) is 10.2. The maximum Gasteiger partial charge on any atom is 0.342 e. The molecule has 0 amide bonds. The molecule has 16 heavy (non-hydrogen) atoms. The lowest BCUT2D eigenvalue weighted by Crippen LogP contribution is -2.04. The van der Waals surface area contributed by atoms with Crippen molar-refractivity contribution in [2.24, 2.45) is 5.92 Å².